The molecule has 0 aliphatic rings. The lowest BCUT2D eigenvalue weighted by Crippen LogP contribution is -2.31. The molecule has 0 aliphatic heterocycles. The highest BCUT2D eigenvalue weighted by molar-refractivity contribution is 9.11. The van der Waals surface area contributed by atoms with E-state index in [0.717, 1.165) is 32.5 Å². The van der Waals surface area contributed by atoms with Crippen molar-refractivity contribution in [2.45, 2.75) is 19.9 Å². The van der Waals surface area contributed by atoms with Crippen LogP contribution in [0.1, 0.15) is 21.7 Å². The van der Waals surface area contributed by atoms with Crippen molar-refractivity contribution in [2.24, 2.45) is 0 Å². The summed E-state index contributed by atoms with van der Waals surface area (Å²) in [6.45, 7) is 3.34. The highest BCUT2D eigenvalue weighted by Gasteiger charge is 2.23. The third-order valence-corrected chi connectivity index (χ3v) is 7.45. The van der Waals surface area contributed by atoms with Crippen molar-refractivity contribution in [1.82, 2.24) is 14.5 Å². The quantitative estimate of drug-likeness (QED) is 0.329. The third-order valence-electron chi connectivity index (χ3n) is 4.30. The van der Waals surface area contributed by atoms with Crippen molar-refractivity contribution < 1.29 is 4.79 Å². The molecule has 4 rings (SSSR count). The Morgan fingerprint density at radius 3 is 2.82 bits per heavy atom. The molecule has 0 radical (unpaired) electrons. The minimum Gasteiger partial charge on any atom is -0.337 e. The van der Waals surface area contributed by atoms with Crippen LogP contribution in [0.15, 0.2) is 46.8 Å². The number of carbonyl (C=O) groups is 1. The molecule has 0 saturated heterocycles. The van der Waals surface area contributed by atoms with E-state index in [1.54, 1.807) is 17.4 Å². The van der Waals surface area contributed by atoms with Crippen LogP contribution in [0.2, 0.25) is 5.02 Å². The summed E-state index contributed by atoms with van der Waals surface area (Å²) >= 11 is 12.7. The van der Waals surface area contributed by atoms with Gasteiger partial charge in [0.05, 0.1) is 30.2 Å². The average Bonchev–Trinajstić information content (AvgIpc) is 3.42. The van der Waals surface area contributed by atoms with E-state index in [0.29, 0.717) is 21.6 Å². The summed E-state index contributed by atoms with van der Waals surface area (Å²) in [6.07, 6.45) is 6.24. The number of thiazole rings is 1. The predicted molar refractivity (Wildman–Crippen MR) is 120 cm³/mol. The Bertz CT molecular complexity index is 1080. The first kappa shape index (κ1) is 19.6. The number of imidazole rings is 1. The Labute approximate surface area is 183 Å². The summed E-state index contributed by atoms with van der Waals surface area (Å²) in [4.78, 5) is 24.5. The average molecular weight is 496 g/mol. The normalized spacial score (nSPS) is 11.2. The van der Waals surface area contributed by atoms with Gasteiger partial charge in [0.25, 0.3) is 5.91 Å². The second kappa shape index (κ2) is 8.32. The van der Waals surface area contributed by atoms with Gasteiger partial charge in [-0.15, -0.1) is 11.3 Å². The fraction of sp³-hybridized carbons (Fsp3) is 0.211. The topological polar surface area (TPSA) is 51.0 Å². The number of hydrogen-bond acceptors (Lipinski definition) is 5. The lowest BCUT2D eigenvalue weighted by Gasteiger charge is -2.19. The van der Waals surface area contributed by atoms with Gasteiger partial charge >= 0.3 is 0 Å². The molecule has 1 aromatic carbocycles. The van der Waals surface area contributed by atoms with Crippen LogP contribution in [-0.2, 0) is 6.54 Å². The molecule has 0 aliphatic carbocycles. The van der Waals surface area contributed by atoms with Crippen molar-refractivity contribution in [3.05, 3.63) is 62.2 Å². The summed E-state index contributed by atoms with van der Waals surface area (Å²) in [5, 5.41) is 1.33. The number of amides is 1. The fourth-order valence-electron chi connectivity index (χ4n) is 2.88. The number of aryl methyl sites for hydroxylation is 2. The van der Waals surface area contributed by atoms with Crippen molar-refractivity contribution in [2.75, 3.05) is 11.4 Å². The van der Waals surface area contributed by atoms with Gasteiger partial charge in [0.2, 0.25) is 0 Å². The number of aromatic nitrogens is 3. The molecule has 3 heterocycles. The number of nitrogens with zero attached hydrogens (tertiary/aromatic N) is 4. The lowest BCUT2D eigenvalue weighted by molar-refractivity contribution is 0.0990. The lowest BCUT2D eigenvalue weighted by atomic mass is 10.2. The summed E-state index contributed by atoms with van der Waals surface area (Å²) < 4.78 is 3.85. The predicted octanol–water partition coefficient (Wildman–Crippen LogP) is 6.02. The molecule has 0 atom stereocenters. The Morgan fingerprint density at radius 2 is 2.14 bits per heavy atom. The van der Waals surface area contributed by atoms with Crippen LogP contribution >= 0.6 is 50.2 Å². The van der Waals surface area contributed by atoms with Gasteiger partial charge < -0.3 is 4.57 Å². The van der Waals surface area contributed by atoms with Gasteiger partial charge in [0.1, 0.15) is 0 Å². The highest BCUT2D eigenvalue weighted by Crippen LogP contribution is 2.36. The number of halogens is 2. The second-order valence-corrected chi connectivity index (χ2v) is 10.1. The molecule has 0 fully saturated rings. The van der Waals surface area contributed by atoms with Crippen LogP contribution in [0.4, 0.5) is 5.13 Å². The molecule has 0 bridgehead atoms. The molecule has 1 amide bonds. The summed E-state index contributed by atoms with van der Waals surface area (Å²) in [7, 11) is 0. The number of fused-ring (bicyclic) bond motifs is 1. The Balaban J connectivity index is 1.66. The van der Waals surface area contributed by atoms with Gasteiger partial charge in [-0.25, -0.2) is 9.97 Å². The van der Waals surface area contributed by atoms with Gasteiger partial charge in [-0.1, -0.05) is 29.0 Å². The maximum atomic E-state index is 13.2. The molecule has 9 heteroatoms. The number of anilines is 1. The van der Waals surface area contributed by atoms with E-state index in [-0.39, 0.29) is 5.91 Å². The third kappa shape index (κ3) is 4.00. The van der Waals surface area contributed by atoms with E-state index in [1.807, 2.05) is 42.0 Å². The molecule has 0 spiro atoms. The Kier molecular flexibility index (Phi) is 5.82. The first-order valence-corrected chi connectivity index (χ1v) is 11.4. The Morgan fingerprint density at radius 1 is 1.29 bits per heavy atom. The van der Waals surface area contributed by atoms with Crippen molar-refractivity contribution in [3.8, 4) is 0 Å². The van der Waals surface area contributed by atoms with E-state index >= 15 is 0 Å². The highest BCUT2D eigenvalue weighted by atomic mass is 79.9. The molecular formula is C19H16BrClN4OS2. The molecule has 0 N–H and O–H groups in total. The van der Waals surface area contributed by atoms with Crippen LogP contribution in [0, 0.1) is 6.92 Å². The van der Waals surface area contributed by atoms with Crippen LogP contribution in [0.3, 0.4) is 0 Å². The molecule has 28 heavy (non-hydrogen) atoms. The van der Waals surface area contributed by atoms with E-state index in [2.05, 4.69) is 20.9 Å². The van der Waals surface area contributed by atoms with Gasteiger partial charge in [-0.2, -0.15) is 0 Å². The maximum absolute atomic E-state index is 13.2. The first-order valence-electron chi connectivity index (χ1n) is 8.61. The van der Waals surface area contributed by atoms with E-state index in [1.165, 1.54) is 22.7 Å². The summed E-state index contributed by atoms with van der Waals surface area (Å²) in [5.74, 6) is -0.0471. The summed E-state index contributed by atoms with van der Waals surface area (Å²) in [5.41, 5.74) is 1.90. The monoisotopic (exact) mass is 494 g/mol. The van der Waals surface area contributed by atoms with Gasteiger partial charge in [0, 0.05) is 25.5 Å². The second-order valence-electron chi connectivity index (χ2n) is 6.25. The minimum absolute atomic E-state index is 0.0471. The maximum Gasteiger partial charge on any atom is 0.270 e. The van der Waals surface area contributed by atoms with E-state index < -0.39 is 0 Å². The molecule has 5 nitrogen and oxygen atoms in total. The number of rotatable bonds is 6. The van der Waals surface area contributed by atoms with Crippen LogP contribution in [-0.4, -0.2) is 27.0 Å². The zero-order chi connectivity index (χ0) is 19.7. The van der Waals surface area contributed by atoms with Gasteiger partial charge in [0.15, 0.2) is 5.13 Å². The number of hydrogen-bond donors (Lipinski definition) is 0. The van der Waals surface area contributed by atoms with E-state index in [4.69, 9.17) is 16.6 Å². The fourth-order valence-corrected chi connectivity index (χ4v) is 5.56. The zero-order valence-electron chi connectivity index (χ0n) is 14.9. The van der Waals surface area contributed by atoms with Crippen molar-refractivity contribution in [1.29, 1.82) is 0 Å². The SMILES string of the molecule is Cc1ccc(Cl)c2sc(N(CCCn3ccnc3)C(=O)c3ccc(Br)s3)nc12. The molecule has 144 valence electrons. The molecule has 0 unspecified atom stereocenters. The smallest absolute Gasteiger partial charge is 0.270 e. The van der Waals surface area contributed by atoms with Crippen molar-refractivity contribution in [3.63, 3.8) is 0 Å². The number of benzene rings is 1. The van der Waals surface area contributed by atoms with Crippen molar-refractivity contribution >= 4 is 71.5 Å². The molecule has 0 saturated carbocycles. The first-order chi connectivity index (χ1) is 13.5. The van der Waals surface area contributed by atoms with Crippen LogP contribution < -0.4 is 4.90 Å². The molecule has 3 aromatic heterocycles. The number of thiophene rings is 1. The number of carbonyl (C=O) groups excluding carboxylic acids is 1. The molecule has 4 aromatic rings. The zero-order valence-corrected chi connectivity index (χ0v) is 18.9. The largest absolute Gasteiger partial charge is 0.337 e. The van der Waals surface area contributed by atoms with Crippen LogP contribution in [0.25, 0.3) is 10.2 Å². The van der Waals surface area contributed by atoms with E-state index in [9.17, 15) is 4.79 Å². The standard InChI is InChI=1S/C19H16BrClN4OS2/c1-12-3-4-13(21)17-16(12)23-19(28-17)25(9-2-8-24-10-7-22-11-24)18(26)14-5-6-15(20)27-14/h3-7,10-11H,2,8-9H2,1H3. The molecular weight excluding hydrogens is 480 g/mol. The Hall–Kier alpha value is -1.74. The van der Waals surface area contributed by atoms with Gasteiger partial charge in [-0.3, -0.25) is 9.69 Å². The van der Waals surface area contributed by atoms with Gasteiger partial charge in [-0.05, 0) is 53.0 Å². The minimum atomic E-state index is -0.0471. The summed E-state index contributed by atoms with van der Waals surface area (Å²) in [6, 6.07) is 7.56. The van der Waals surface area contributed by atoms with Crippen LogP contribution in [0.5, 0.6) is 0 Å².